The van der Waals surface area contributed by atoms with Gasteiger partial charge in [-0.15, -0.1) is 11.3 Å². The zero-order chi connectivity index (χ0) is 20.5. The van der Waals surface area contributed by atoms with Crippen molar-refractivity contribution in [2.24, 2.45) is 5.73 Å². The second kappa shape index (κ2) is 7.54. The standard InChI is InChI=1S/C19H20F3N3O2S/c1-11-14(15(26)25-18(17(23)27)9-3-2-4-10-18)28-16(24-11)12-5-7-13(8-6-12)19(20,21)22/h5-8H,2-4,9-10H2,1H3,(H2,23,27)(H,25,26). The minimum Gasteiger partial charge on any atom is -0.368 e. The first-order valence-corrected chi connectivity index (χ1v) is 9.71. The highest BCUT2D eigenvalue weighted by molar-refractivity contribution is 7.17. The fourth-order valence-electron chi connectivity index (χ4n) is 3.39. The number of benzene rings is 1. The van der Waals surface area contributed by atoms with Crippen molar-refractivity contribution in [3.8, 4) is 10.6 Å². The molecule has 1 heterocycles. The van der Waals surface area contributed by atoms with Crippen molar-refractivity contribution in [2.45, 2.75) is 50.7 Å². The molecule has 0 saturated heterocycles. The van der Waals surface area contributed by atoms with Crippen molar-refractivity contribution in [2.75, 3.05) is 0 Å². The number of carbonyl (C=O) groups excluding carboxylic acids is 2. The number of halogens is 3. The average Bonchev–Trinajstić information content (AvgIpc) is 3.03. The van der Waals surface area contributed by atoms with Gasteiger partial charge in [0.2, 0.25) is 5.91 Å². The van der Waals surface area contributed by atoms with E-state index < -0.39 is 29.1 Å². The molecule has 5 nitrogen and oxygen atoms in total. The zero-order valence-electron chi connectivity index (χ0n) is 15.2. The molecule has 0 atom stereocenters. The first-order chi connectivity index (χ1) is 13.1. The average molecular weight is 411 g/mol. The molecule has 1 fully saturated rings. The van der Waals surface area contributed by atoms with Gasteiger partial charge in [-0.1, -0.05) is 31.4 Å². The van der Waals surface area contributed by atoms with E-state index in [0.717, 1.165) is 42.7 Å². The number of aryl methyl sites for hydroxylation is 1. The van der Waals surface area contributed by atoms with Gasteiger partial charge >= 0.3 is 6.18 Å². The van der Waals surface area contributed by atoms with Gasteiger partial charge in [0.1, 0.15) is 15.4 Å². The van der Waals surface area contributed by atoms with Crippen LogP contribution in [0.1, 0.15) is 53.0 Å². The number of alkyl halides is 3. The third kappa shape index (κ3) is 4.04. The Morgan fingerprint density at radius 1 is 1.14 bits per heavy atom. The number of thiazole rings is 1. The molecule has 2 aromatic rings. The largest absolute Gasteiger partial charge is 0.416 e. The lowest BCUT2D eigenvalue weighted by atomic mass is 9.81. The van der Waals surface area contributed by atoms with Crippen LogP contribution in [0.5, 0.6) is 0 Å². The zero-order valence-corrected chi connectivity index (χ0v) is 16.0. The predicted molar refractivity (Wildman–Crippen MR) is 99.8 cm³/mol. The quantitative estimate of drug-likeness (QED) is 0.796. The lowest BCUT2D eigenvalue weighted by Gasteiger charge is -2.34. The van der Waals surface area contributed by atoms with Crippen LogP contribution in [-0.4, -0.2) is 22.3 Å². The fraction of sp³-hybridized carbons (Fsp3) is 0.421. The molecule has 1 aliphatic carbocycles. The molecule has 1 aromatic carbocycles. The van der Waals surface area contributed by atoms with Crippen molar-refractivity contribution in [3.05, 3.63) is 40.4 Å². The summed E-state index contributed by atoms with van der Waals surface area (Å²) in [6, 6.07) is 4.62. The van der Waals surface area contributed by atoms with Crippen LogP contribution in [-0.2, 0) is 11.0 Å². The van der Waals surface area contributed by atoms with Crippen molar-refractivity contribution in [3.63, 3.8) is 0 Å². The van der Waals surface area contributed by atoms with Gasteiger partial charge in [-0.2, -0.15) is 13.2 Å². The monoisotopic (exact) mass is 411 g/mol. The van der Waals surface area contributed by atoms with E-state index in [-0.39, 0.29) is 0 Å². The van der Waals surface area contributed by atoms with Crippen molar-refractivity contribution in [1.82, 2.24) is 10.3 Å². The normalized spacial score (nSPS) is 16.6. The van der Waals surface area contributed by atoms with E-state index in [4.69, 9.17) is 5.73 Å². The topological polar surface area (TPSA) is 85.1 Å². The smallest absolute Gasteiger partial charge is 0.368 e. The molecule has 3 N–H and O–H groups in total. The number of rotatable bonds is 4. The van der Waals surface area contributed by atoms with Gasteiger partial charge in [0.25, 0.3) is 5.91 Å². The molecular weight excluding hydrogens is 391 g/mol. The summed E-state index contributed by atoms with van der Waals surface area (Å²) in [6.07, 6.45) is -0.813. The van der Waals surface area contributed by atoms with E-state index in [1.807, 2.05) is 0 Å². The third-order valence-corrected chi connectivity index (χ3v) is 6.20. The number of amides is 2. The van der Waals surface area contributed by atoms with E-state index in [0.29, 0.717) is 34.0 Å². The summed E-state index contributed by atoms with van der Waals surface area (Å²) in [4.78, 5) is 29.4. The van der Waals surface area contributed by atoms with Gasteiger partial charge in [0.15, 0.2) is 0 Å². The number of carbonyl (C=O) groups is 2. The first kappa shape index (κ1) is 20.3. The Balaban J connectivity index is 1.83. The van der Waals surface area contributed by atoms with Crippen LogP contribution < -0.4 is 11.1 Å². The Labute approximate surface area is 164 Å². The van der Waals surface area contributed by atoms with Crippen LogP contribution in [0.3, 0.4) is 0 Å². The molecule has 0 unspecified atom stereocenters. The Kier molecular flexibility index (Phi) is 5.47. The molecule has 1 saturated carbocycles. The maximum Gasteiger partial charge on any atom is 0.416 e. The van der Waals surface area contributed by atoms with E-state index in [1.54, 1.807) is 6.92 Å². The number of aromatic nitrogens is 1. The maximum atomic E-state index is 12.8. The molecule has 9 heteroatoms. The van der Waals surface area contributed by atoms with E-state index in [2.05, 4.69) is 10.3 Å². The number of nitrogens with zero attached hydrogens (tertiary/aromatic N) is 1. The highest BCUT2D eigenvalue weighted by Gasteiger charge is 2.40. The minimum absolute atomic E-state index is 0.320. The number of nitrogens with two attached hydrogens (primary N) is 1. The van der Waals surface area contributed by atoms with Crippen molar-refractivity contribution in [1.29, 1.82) is 0 Å². The summed E-state index contributed by atoms with van der Waals surface area (Å²) >= 11 is 1.08. The van der Waals surface area contributed by atoms with Crippen LogP contribution in [0.15, 0.2) is 24.3 Å². The predicted octanol–water partition coefficient (Wildman–Crippen LogP) is 4.06. The number of hydrogen-bond donors (Lipinski definition) is 2. The van der Waals surface area contributed by atoms with Gasteiger partial charge in [-0.25, -0.2) is 4.98 Å². The Morgan fingerprint density at radius 2 is 1.75 bits per heavy atom. The first-order valence-electron chi connectivity index (χ1n) is 8.90. The number of nitrogens with one attached hydrogen (secondary N) is 1. The summed E-state index contributed by atoms with van der Waals surface area (Å²) < 4.78 is 38.1. The molecule has 2 amide bonds. The Hall–Kier alpha value is -2.42. The molecule has 1 aliphatic rings. The molecular formula is C19H20F3N3O2S. The Morgan fingerprint density at radius 3 is 2.29 bits per heavy atom. The van der Waals surface area contributed by atoms with Gasteiger partial charge < -0.3 is 11.1 Å². The van der Waals surface area contributed by atoms with Gasteiger partial charge in [-0.3, -0.25) is 9.59 Å². The summed E-state index contributed by atoms with van der Waals surface area (Å²) in [5.41, 5.74) is 4.69. The highest BCUT2D eigenvalue weighted by Crippen LogP contribution is 2.34. The van der Waals surface area contributed by atoms with E-state index in [9.17, 15) is 22.8 Å². The van der Waals surface area contributed by atoms with E-state index in [1.165, 1.54) is 12.1 Å². The van der Waals surface area contributed by atoms with Crippen LogP contribution >= 0.6 is 11.3 Å². The number of primary amides is 1. The fourth-order valence-corrected chi connectivity index (χ4v) is 4.36. The maximum absolute atomic E-state index is 12.8. The summed E-state index contributed by atoms with van der Waals surface area (Å²) in [5, 5.41) is 3.23. The van der Waals surface area contributed by atoms with Crippen LogP contribution in [0, 0.1) is 6.92 Å². The molecule has 0 spiro atoms. The van der Waals surface area contributed by atoms with Gasteiger partial charge in [0, 0.05) is 5.56 Å². The van der Waals surface area contributed by atoms with Gasteiger partial charge in [0.05, 0.1) is 11.3 Å². The third-order valence-electron chi connectivity index (χ3n) is 4.99. The summed E-state index contributed by atoms with van der Waals surface area (Å²) in [7, 11) is 0. The molecule has 0 aliphatic heterocycles. The molecule has 0 radical (unpaired) electrons. The second-order valence-corrected chi connectivity index (χ2v) is 7.97. The highest BCUT2D eigenvalue weighted by atomic mass is 32.1. The Bertz CT molecular complexity index is 885. The number of hydrogen-bond acceptors (Lipinski definition) is 4. The second-order valence-electron chi connectivity index (χ2n) is 6.97. The van der Waals surface area contributed by atoms with Crippen molar-refractivity contribution >= 4 is 23.2 Å². The summed E-state index contributed by atoms with van der Waals surface area (Å²) in [5.74, 6) is -0.987. The minimum atomic E-state index is -4.41. The molecule has 3 rings (SSSR count). The molecule has 28 heavy (non-hydrogen) atoms. The van der Waals surface area contributed by atoms with Crippen molar-refractivity contribution < 1.29 is 22.8 Å². The molecule has 0 bridgehead atoms. The lowest BCUT2D eigenvalue weighted by molar-refractivity contribution is -0.137. The van der Waals surface area contributed by atoms with Gasteiger partial charge in [-0.05, 0) is 31.9 Å². The van der Waals surface area contributed by atoms with Crippen LogP contribution in [0.2, 0.25) is 0 Å². The summed E-state index contributed by atoms with van der Waals surface area (Å²) in [6.45, 7) is 1.65. The van der Waals surface area contributed by atoms with Crippen LogP contribution in [0.25, 0.3) is 10.6 Å². The lowest BCUT2D eigenvalue weighted by Crippen LogP contribution is -2.58. The van der Waals surface area contributed by atoms with E-state index >= 15 is 0 Å². The molecule has 150 valence electrons. The van der Waals surface area contributed by atoms with Crippen LogP contribution in [0.4, 0.5) is 13.2 Å². The molecule has 1 aromatic heterocycles. The SMILES string of the molecule is Cc1nc(-c2ccc(C(F)(F)F)cc2)sc1C(=O)NC1(C(N)=O)CCCCC1.